The number of hydrogen-bond acceptors (Lipinski definition) is 5. The van der Waals surface area contributed by atoms with E-state index in [1.807, 2.05) is 43.0 Å². The smallest absolute Gasteiger partial charge is 0.250 e. The molecule has 1 aromatic carbocycles. The number of ether oxygens (including phenoxy) is 1. The molecule has 2 heterocycles. The predicted molar refractivity (Wildman–Crippen MR) is 104 cm³/mol. The lowest BCUT2D eigenvalue weighted by Gasteiger charge is -2.24. The van der Waals surface area contributed by atoms with E-state index >= 15 is 0 Å². The Balaban J connectivity index is 1.86. The van der Waals surface area contributed by atoms with Gasteiger partial charge in [-0.3, -0.25) is 4.79 Å². The molecule has 1 amide bonds. The lowest BCUT2D eigenvalue weighted by Crippen LogP contribution is -2.37. The van der Waals surface area contributed by atoms with Crippen molar-refractivity contribution < 1.29 is 17.9 Å². The first-order valence-corrected chi connectivity index (χ1v) is 11.4. The van der Waals surface area contributed by atoms with E-state index in [0.29, 0.717) is 11.7 Å². The average Bonchev–Trinajstić information content (AvgIpc) is 3.07. The quantitative estimate of drug-likeness (QED) is 0.760. The second-order valence-corrected chi connectivity index (χ2v) is 10.2. The molecule has 0 aromatic heterocycles. The van der Waals surface area contributed by atoms with Gasteiger partial charge in [0.05, 0.1) is 24.7 Å². The van der Waals surface area contributed by atoms with Crippen LogP contribution in [0.25, 0.3) is 0 Å². The van der Waals surface area contributed by atoms with Crippen molar-refractivity contribution in [2.45, 2.75) is 38.1 Å². The minimum atomic E-state index is -3.04. The third-order valence-electron chi connectivity index (χ3n) is 4.93. The number of amides is 1. The molecule has 0 unspecified atom stereocenters. The number of carbonyl (C=O) groups excluding carboxylic acids is 1. The maximum atomic E-state index is 12.3. The van der Waals surface area contributed by atoms with Crippen LogP contribution in [0.3, 0.4) is 0 Å². The summed E-state index contributed by atoms with van der Waals surface area (Å²) in [6.07, 6.45) is 0.736. The Labute approximate surface area is 158 Å². The fourth-order valence-corrected chi connectivity index (χ4v) is 7.08. The van der Waals surface area contributed by atoms with Crippen LogP contribution in [0, 0.1) is 5.92 Å². The van der Waals surface area contributed by atoms with E-state index in [2.05, 4.69) is 4.99 Å². The molecule has 0 saturated carbocycles. The molecule has 3 rings (SSSR count). The number of methoxy groups -OCH3 is 1. The van der Waals surface area contributed by atoms with Gasteiger partial charge in [-0.25, -0.2) is 8.42 Å². The van der Waals surface area contributed by atoms with Gasteiger partial charge in [0.15, 0.2) is 15.0 Å². The topological polar surface area (TPSA) is 76.0 Å². The summed E-state index contributed by atoms with van der Waals surface area (Å²) < 4.78 is 29.3. The van der Waals surface area contributed by atoms with Crippen molar-refractivity contribution in [1.82, 2.24) is 4.90 Å². The molecule has 2 saturated heterocycles. The molecule has 0 bridgehead atoms. The van der Waals surface area contributed by atoms with E-state index in [0.717, 1.165) is 17.7 Å². The van der Waals surface area contributed by atoms with Crippen LogP contribution in [-0.2, 0) is 21.2 Å². The van der Waals surface area contributed by atoms with Crippen LogP contribution in [0.2, 0.25) is 0 Å². The highest BCUT2D eigenvalue weighted by Crippen LogP contribution is 2.39. The number of fused-ring (bicyclic) bond motifs is 1. The molecule has 1 aromatic rings. The molecule has 142 valence electrons. The van der Waals surface area contributed by atoms with E-state index in [9.17, 15) is 13.2 Å². The second kappa shape index (κ2) is 7.60. The number of aliphatic imine (C=N–C) groups is 1. The largest absolute Gasteiger partial charge is 0.497 e. The summed E-state index contributed by atoms with van der Waals surface area (Å²) in [7, 11) is -1.42. The van der Waals surface area contributed by atoms with Gasteiger partial charge in [0.1, 0.15) is 5.75 Å². The summed E-state index contributed by atoms with van der Waals surface area (Å²) in [6.45, 7) is 4.35. The molecule has 3 atom stereocenters. The van der Waals surface area contributed by atoms with Crippen LogP contribution in [0.15, 0.2) is 29.3 Å². The number of hydrogen-bond donors (Lipinski definition) is 0. The number of amidine groups is 1. The molecule has 2 aliphatic heterocycles. The van der Waals surface area contributed by atoms with E-state index in [4.69, 9.17) is 4.74 Å². The van der Waals surface area contributed by atoms with Crippen LogP contribution in [0.1, 0.15) is 25.8 Å². The van der Waals surface area contributed by atoms with Gasteiger partial charge in [-0.15, -0.1) is 0 Å². The average molecular weight is 397 g/mol. The molecule has 0 N–H and O–H groups in total. The van der Waals surface area contributed by atoms with E-state index in [1.54, 1.807) is 7.11 Å². The molecule has 6 nitrogen and oxygen atoms in total. The third kappa shape index (κ3) is 4.06. The zero-order valence-corrected chi connectivity index (χ0v) is 16.8. The highest BCUT2D eigenvalue weighted by Gasteiger charge is 2.48. The predicted octanol–water partition coefficient (Wildman–Crippen LogP) is 2.34. The minimum Gasteiger partial charge on any atom is -0.497 e. The van der Waals surface area contributed by atoms with Gasteiger partial charge in [0, 0.05) is 17.7 Å². The summed E-state index contributed by atoms with van der Waals surface area (Å²) in [5, 5.41) is 0.595. The Morgan fingerprint density at radius 1 is 1.35 bits per heavy atom. The molecular weight excluding hydrogens is 372 g/mol. The standard InChI is InChI=1S/C18H24N2O4S2/c1-4-12(2)17(21)19-18-20(9-13-5-7-14(24-3)8-6-13)15-10-26(22,23)11-16(15)25-18/h5-8,12,15-16H,4,9-11H2,1-3H3/t12-,15-,16+/m0/s1. The lowest BCUT2D eigenvalue weighted by atomic mass is 10.1. The van der Waals surface area contributed by atoms with Crippen molar-refractivity contribution in [2.75, 3.05) is 18.6 Å². The second-order valence-electron chi connectivity index (χ2n) is 6.82. The number of carbonyl (C=O) groups is 1. The Morgan fingerprint density at radius 2 is 2.04 bits per heavy atom. The van der Waals surface area contributed by atoms with Crippen LogP contribution in [0.4, 0.5) is 0 Å². The monoisotopic (exact) mass is 396 g/mol. The van der Waals surface area contributed by atoms with Crippen molar-refractivity contribution in [2.24, 2.45) is 10.9 Å². The molecule has 0 radical (unpaired) electrons. The zero-order valence-electron chi connectivity index (χ0n) is 15.2. The lowest BCUT2D eigenvalue weighted by molar-refractivity contribution is -0.121. The summed E-state index contributed by atoms with van der Waals surface area (Å²) >= 11 is 1.43. The molecule has 2 fully saturated rings. The first-order valence-electron chi connectivity index (χ1n) is 8.72. The number of benzene rings is 1. The molecule has 26 heavy (non-hydrogen) atoms. The Hall–Kier alpha value is -1.54. The summed E-state index contributed by atoms with van der Waals surface area (Å²) in [5.41, 5.74) is 1.03. The summed E-state index contributed by atoms with van der Waals surface area (Å²) in [4.78, 5) is 18.6. The van der Waals surface area contributed by atoms with Crippen LogP contribution < -0.4 is 4.74 Å². The Kier molecular flexibility index (Phi) is 5.62. The summed E-state index contributed by atoms with van der Waals surface area (Å²) in [5.74, 6) is 0.773. The maximum absolute atomic E-state index is 12.3. The highest BCUT2D eigenvalue weighted by molar-refractivity contribution is 8.15. The number of nitrogens with zero attached hydrogens (tertiary/aromatic N) is 2. The van der Waals surface area contributed by atoms with Crippen molar-refractivity contribution in [3.05, 3.63) is 29.8 Å². The van der Waals surface area contributed by atoms with E-state index in [1.165, 1.54) is 11.8 Å². The molecule has 0 spiro atoms. The molecule has 2 aliphatic rings. The van der Waals surface area contributed by atoms with Gasteiger partial charge < -0.3 is 9.64 Å². The van der Waals surface area contributed by atoms with Gasteiger partial charge in [-0.1, -0.05) is 37.7 Å². The highest BCUT2D eigenvalue weighted by atomic mass is 32.2. The fourth-order valence-electron chi connectivity index (χ4n) is 3.13. The van der Waals surface area contributed by atoms with Crippen molar-refractivity contribution >= 4 is 32.7 Å². The number of sulfone groups is 1. The molecular formula is C18H24N2O4S2. The third-order valence-corrected chi connectivity index (χ3v) is 8.17. The maximum Gasteiger partial charge on any atom is 0.250 e. The number of rotatable bonds is 5. The van der Waals surface area contributed by atoms with Crippen molar-refractivity contribution in [1.29, 1.82) is 0 Å². The molecule has 0 aliphatic carbocycles. The van der Waals surface area contributed by atoms with Gasteiger partial charge in [-0.2, -0.15) is 4.99 Å². The Bertz CT molecular complexity index is 805. The van der Waals surface area contributed by atoms with E-state index in [-0.39, 0.29) is 34.6 Å². The van der Waals surface area contributed by atoms with Gasteiger partial charge in [-0.05, 0) is 24.1 Å². The molecule has 8 heteroatoms. The van der Waals surface area contributed by atoms with Crippen molar-refractivity contribution in [3.8, 4) is 5.75 Å². The zero-order chi connectivity index (χ0) is 18.9. The van der Waals surface area contributed by atoms with Crippen LogP contribution in [-0.4, -0.2) is 54.3 Å². The first-order chi connectivity index (χ1) is 12.3. The van der Waals surface area contributed by atoms with E-state index < -0.39 is 9.84 Å². The van der Waals surface area contributed by atoms with Crippen molar-refractivity contribution in [3.63, 3.8) is 0 Å². The minimum absolute atomic E-state index is 0.0540. The van der Waals surface area contributed by atoms with Crippen LogP contribution >= 0.6 is 11.8 Å². The Morgan fingerprint density at radius 3 is 2.65 bits per heavy atom. The first kappa shape index (κ1) is 19.2. The van der Waals surface area contributed by atoms with Gasteiger partial charge >= 0.3 is 0 Å². The van der Waals surface area contributed by atoms with Gasteiger partial charge in [0.2, 0.25) is 0 Å². The normalized spacial score (nSPS) is 26.7. The SMILES string of the molecule is CC[C@H](C)C(=O)N=C1S[C@@H]2CS(=O)(=O)C[C@@H]2N1Cc1ccc(OC)cc1. The van der Waals surface area contributed by atoms with Crippen LogP contribution in [0.5, 0.6) is 5.75 Å². The fraction of sp³-hybridized carbons (Fsp3) is 0.556. The number of thioether (sulfide) groups is 1. The summed E-state index contributed by atoms with van der Waals surface area (Å²) in [6, 6.07) is 7.53. The van der Waals surface area contributed by atoms with Gasteiger partial charge in [0.25, 0.3) is 5.91 Å².